The van der Waals surface area contributed by atoms with Crippen molar-refractivity contribution in [2.75, 3.05) is 24.2 Å². The second-order valence-corrected chi connectivity index (χ2v) is 9.80. The Labute approximate surface area is 180 Å². The lowest BCUT2D eigenvalue weighted by Gasteiger charge is -2.42. The molecule has 0 aromatic carbocycles. The third-order valence-corrected chi connectivity index (χ3v) is 6.10. The Balaban J connectivity index is 1.68. The predicted octanol–water partition coefficient (Wildman–Crippen LogP) is 4.30. The van der Waals surface area contributed by atoms with E-state index in [0.29, 0.717) is 10.3 Å². The van der Waals surface area contributed by atoms with Crippen LogP contribution in [-0.4, -0.2) is 63.0 Å². The Bertz CT molecular complexity index is 950. The first-order valence-electron chi connectivity index (χ1n) is 9.81. The molecule has 2 atom stereocenters. The molecule has 0 spiro atoms. The van der Waals surface area contributed by atoms with Gasteiger partial charge in [-0.1, -0.05) is 23.4 Å². The topological polar surface area (TPSA) is 71.5 Å². The maximum Gasteiger partial charge on any atom is 0.410 e. The summed E-state index contributed by atoms with van der Waals surface area (Å²) in [6.45, 7) is 9.09. The number of carbonyl (C=O) groups excluding carboxylic acids is 1. The van der Waals surface area contributed by atoms with Gasteiger partial charge in [-0.05, 0) is 46.8 Å². The van der Waals surface area contributed by atoms with Crippen LogP contribution in [0.3, 0.4) is 0 Å². The highest BCUT2D eigenvalue weighted by Gasteiger charge is 2.45. The van der Waals surface area contributed by atoms with Crippen LogP contribution in [0.15, 0.2) is 11.2 Å². The fourth-order valence-corrected chi connectivity index (χ4v) is 4.86. The van der Waals surface area contributed by atoms with E-state index in [2.05, 4.69) is 14.9 Å². The van der Waals surface area contributed by atoms with E-state index in [1.54, 1.807) is 6.07 Å². The highest BCUT2D eigenvalue weighted by atomic mass is 35.5. The third-order valence-electron chi connectivity index (χ3n) is 5.36. The number of ether oxygens (including phenoxy) is 1. The van der Waals surface area contributed by atoms with Crippen LogP contribution in [0.1, 0.15) is 39.3 Å². The number of carbonyl (C=O) groups is 1. The van der Waals surface area contributed by atoms with E-state index in [4.69, 9.17) is 21.3 Å². The summed E-state index contributed by atoms with van der Waals surface area (Å²) in [6, 6.07) is 2.03. The van der Waals surface area contributed by atoms with Crippen LogP contribution in [0, 0.1) is 6.92 Å². The van der Waals surface area contributed by atoms with E-state index >= 15 is 0 Å². The first kappa shape index (κ1) is 20.5. The van der Waals surface area contributed by atoms with Crippen molar-refractivity contribution in [1.82, 2.24) is 19.9 Å². The molecule has 2 aromatic rings. The van der Waals surface area contributed by atoms with Crippen molar-refractivity contribution in [3.8, 4) is 0 Å². The molecule has 156 valence electrons. The molecule has 0 aliphatic carbocycles. The number of rotatable bonds is 2. The molecule has 29 heavy (non-hydrogen) atoms. The molecule has 1 amide bonds. The summed E-state index contributed by atoms with van der Waals surface area (Å²) in [5.74, 6) is 0.877. The number of piperazine rings is 1. The second kappa shape index (κ2) is 7.47. The number of nitrogens with zero attached hydrogens (tertiary/aromatic N) is 5. The Hall–Kier alpha value is -1.80. The van der Waals surface area contributed by atoms with Crippen LogP contribution in [0.5, 0.6) is 0 Å². The molecule has 2 bridgehead atoms. The molecule has 9 heteroatoms. The molecule has 7 nitrogen and oxygen atoms in total. The molecule has 2 aromatic heterocycles. The van der Waals surface area contributed by atoms with Gasteiger partial charge in [0.15, 0.2) is 5.16 Å². The summed E-state index contributed by atoms with van der Waals surface area (Å²) >= 11 is 7.68. The molecule has 2 saturated heterocycles. The van der Waals surface area contributed by atoms with Crippen LogP contribution in [0.2, 0.25) is 5.15 Å². The lowest BCUT2D eigenvalue weighted by Crippen LogP contribution is -2.57. The summed E-state index contributed by atoms with van der Waals surface area (Å²) in [5, 5.41) is 2.06. The first-order valence-corrected chi connectivity index (χ1v) is 11.4. The lowest BCUT2D eigenvalue weighted by atomic mass is 10.1. The van der Waals surface area contributed by atoms with Gasteiger partial charge in [-0.15, -0.1) is 0 Å². The first-order chi connectivity index (χ1) is 13.7. The average Bonchev–Trinajstić information content (AvgIpc) is 2.89. The van der Waals surface area contributed by atoms with E-state index in [-0.39, 0.29) is 18.2 Å². The highest BCUT2D eigenvalue weighted by molar-refractivity contribution is 7.98. The number of amides is 1. The van der Waals surface area contributed by atoms with Gasteiger partial charge in [0.1, 0.15) is 16.6 Å². The number of pyridine rings is 1. The normalized spacial score (nSPS) is 21.7. The fourth-order valence-electron chi connectivity index (χ4n) is 4.27. The smallest absolute Gasteiger partial charge is 0.410 e. The van der Waals surface area contributed by atoms with Crippen LogP contribution >= 0.6 is 23.4 Å². The zero-order chi connectivity index (χ0) is 20.9. The van der Waals surface area contributed by atoms with Crippen molar-refractivity contribution >= 4 is 46.2 Å². The van der Waals surface area contributed by atoms with Gasteiger partial charge < -0.3 is 9.64 Å². The number of halogens is 1. The minimum atomic E-state index is -0.494. The Morgan fingerprint density at radius 2 is 1.86 bits per heavy atom. The minimum absolute atomic E-state index is 0.118. The van der Waals surface area contributed by atoms with Crippen molar-refractivity contribution in [3.05, 3.63) is 16.9 Å². The molecule has 2 aliphatic rings. The second-order valence-electron chi connectivity index (χ2n) is 8.64. The summed E-state index contributed by atoms with van der Waals surface area (Å²) in [5.41, 5.74) is 1.13. The number of aryl methyl sites for hydroxylation is 1. The van der Waals surface area contributed by atoms with E-state index in [9.17, 15) is 4.79 Å². The van der Waals surface area contributed by atoms with E-state index in [1.165, 1.54) is 11.8 Å². The van der Waals surface area contributed by atoms with Crippen molar-refractivity contribution in [2.45, 2.75) is 63.4 Å². The average molecular weight is 436 g/mol. The number of anilines is 1. The zero-order valence-electron chi connectivity index (χ0n) is 17.4. The Kier molecular flexibility index (Phi) is 5.27. The van der Waals surface area contributed by atoms with Gasteiger partial charge in [0, 0.05) is 19.2 Å². The highest BCUT2D eigenvalue weighted by Crippen LogP contribution is 2.37. The van der Waals surface area contributed by atoms with Gasteiger partial charge in [-0.2, -0.15) is 0 Å². The predicted molar refractivity (Wildman–Crippen MR) is 116 cm³/mol. The largest absolute Gasteiger partial charge is 0.444 e. The molecule has 0 N–H and O–H groups in total. The van der Waals surface area contributed by atoms with Gasteiger partial charge in [-0.25, -0.2) is 19.7 Å². The lowest BCUT2D eigenvalue weighted by molar-refractivity contribution is 0.0123. The molecular formula is C20H26ClN5O2S. The monoisotopic (exact) mass is 435 g/mol. The van der Waals surface area contributed by atoms with Gasteiger partial charge >= 0.3 is 6.09 Å². The fraction of sp³-hybridized carbons (Fsp3) is 0.600. The quantitative estimate of drug-likeness (QED) is 0.395. The number of thioether (sulfide) groups is 1. The molecule has 0 radical (unpaired) electrons. The Morgan fingerprint density at radius 1 is 1.21 bits per heavy atom. The number of hydrogen-bond acceptors (Lipinski definition) is 7. The maximum absolute atomic E-state index is 12.8. The van der Waals surface area contributed by atoms with Crippen molar-refractivity contribution in [1.29, 1.82) is 0 Å². The van der Waals surface area contributed by atoms with Gasteiger partial charge in [0.25, 0.3) is 0 Å². The minimum Gasteiger partial charge on any atom is -0.444 e. The van der Waals surface area contributed by atoms with Crippen LogP contribution in [0.25, 0.3) is 10.9 Å². The van der Waals surface area contributed by atoms with E-state index < -0.39 is 5.60 Å². The van der Waals surface area contributed by atoms with Crippen molar-refractivity contribution in [2.24, 2.45) is 0 Å². The third kappa shape index (κ3) is 3.97. The molecule has 2 aliphatic heterocycles. The zero-order valence-corrected chi connectivity index (χ0v) is 19.0. The van der Waals surface area contributed by atoms with E-state index in [0.717, 1.165) is 48.3 Å². The van der Waals surface area contributed by atoms with Crippen LogP contribution < -0.4 is 4.90 Å². The number of hydrogen-bond donors (Lipinski definition) is 0. The number of aromatic nitrogens is 3. The molecule has 0 unspecified atom stereocenters. The van der Waals surface area contributed by atoms with Crippen LogP contribution in [0.4, 0.5) is 10.6 Å². The number of fused-ring (bicyclic) bond motifs is 3. The Morgan fingerprint density at radius 3 is 2.45 bits per heavy atom. The summed E-state index contributed by atoms with van der Waals surface area (Å²) in [4.78, 5) is 30.8. The molecule has 4 rings (SSSR count). The molecule has 2 fully saturated rings. The molecular weight excluding hydrogens is 410 g/mol. The van der Waals surface area contributed by atoms with Gasteiger partial charge in [0.2, 0.25) is 0 Å². The SMILES string of the molecule is CSc1nc(N2C[C@H]3CC[C@@H](C2)N3C(=O)OC(C)(C)C)c2c(C)nc(Cl)cc2n1. The summed E-state index contributed by atoms with van der Waals surface area (Å²) in [7, 11) is 0. The summed E-state index contributed by atoms with van der Waals surface area (Å²) in [6.07, 6.45) is 3.70. The standard InChI is InChI=1S/C20H26ClN5O2S/c1-11-16-14(8-15(21)22-11)23-18(29-5)24-17(16)25-9-12-6-7-13(10-25)26(12)19(27)28-20(2,3)4/h8,12-13H,6-7,9-10H2,1-5H3/t12-,13+. The van der Waals surface area contributed by atoms with Gasteiger partial charge in [0.05, 0.1) is 28.7 Å². The van der Waals surface area contributed by atoms with Crippen molar-refractivity contribution < 1.29 is 9.53 Å². The maximum atomic E-state index is 12.8. The van der Waals surface area contributed by atoms with Gasteiger partial charge in [-0.3, -0.25) is 4.90 Å². The van der Waals surface area contributed by atoms with Crippen molar-refractivity contribution in [3.63, 3.8) is 0 Å². The van der Waals surface area contributed by atoms with Crippen LogP contribution in [-0.2, 0) is 4.74 Å². The molecule has 0 saturated carbocycles. The summed E-state index contributed by atoms with van der Waals surface area (Å²) < 4.78 is 5.65. The van der Waals surface area contributed by atoms with E-state index in [1.807, 2.05) is 38.9 Å². The molecule has 4 heterocycles.